The maximum Gasteiger partial charge on any atom is 0.345 e. The van der Waals surface area contributed by atoms with Crippen LogP contribution in [0.2, 0.25) is 0 Å². The molecule has 1 aliphatic heterocycles. The summed E-state index contributed by atoms with van der Waals surface area (Å²) in [5, 5.41) is 9.50. The monoisotopic (exact) mass is 214 g/mol. The first-order valence-corrected chi connectivity index (χ1v) is 4.19. The Kier molecular flexibility index (Phi) is 3.21. The van der Waals surface area contributed by atoms with Gasteiger partial charge in [-0.05, 0) is 6.92 Å². The van der Waals surface area contributed by atoms with Crippen molar-refractivity contribution < 1.29 is 29.0 Å². The van der Waals surface area contributed by atoms with Crippen molar-refractivity contribution in [3.8, 4) is 0 Å². The summed E-state index contributed by atoms with van der Waals surface area (Å²) in [5.41, 5.74) is -0.151. The SMILES string of the molecule is COC(=O)C[C@@H](O)C1=C(C)C(=O)OC1=O. The van der Waals surface area contributed by atoms with Crippen LogP contribution in [0, 0.1) is 0 Å². The van der Waals surface area contributed by atoms with E-state index in [1.807, 2.05) is 0 Å². The van der Waals surface area contributed by atoms with Gasteiger partial charge < -0.3 is 14.6 Å². The fraction of sp³-hybridized carbons (Fsp3) is 0.444. The second-order valence-electron chi connectivity index (χ2n) is 3.01. The molecule has 0 spiro atoms. The molecule has 0 aliphatic carbocycles. The lowest BCUT2D eigenvalue weighted by Crippen LogP contribution is -2.21. The topological polar surface area (TPSA) is 89.9 Å². The highest BCUT2D eigenvalue weighted by Crippen LogP contribution is 2.21. The summed E-state index contributed by atoms with van der Waals surface area (Å²) >= 11 is 0. The molecule has 0 amide bonds. The van der Waals surface area contributed by atoms with Crippen molar-refractivity contribution >= 4 is 17.9 Å². The number of aliphatic hydroxyl groups is 1. The molecule has 0 bridgehead atoms. The summed E-state index contributed by atoms with van der Waals surface area (Å²) in [6, 6.07) is 0. The highest BCUT2D eigenvalue weighted by Gasteiger charge is 2.35. The first-order valence-electron chi connectivity index (χ1n) is 4.19. The van der Waals surface area contributed by atoms with Crippen molar-refractivity contribution in [2.75, 3.05) is 7.11 Å². The Morgan fingerprint density at radius 2 is 2.07 bits per heavy atom. The van der Waals surface area contributed by atoms with Gasteiger partial charge in [0.25, 0.3) is 0 Å². The van der Waals surface area contributed by atoms with Crippen LogP contribution < -0.4 is 0 Å². The number of cyclic esters (lactones) is 2. The average Bonchev–Trinajstić information content (AvgIpc) is 2.41. The summed E-state index contributed by atoms with van der Waals surface area (Å²) in [7, 11) is 1.16. The zero-order valence-electron chi connectivity index (χ0n) is 8.27. The molecular weight excluding hydrogens is 204 g/mol. The average molecular weight is 214 g/mol. The van der Waals surface area contributed by atoms with E-state index in [1.54, 1.807) is 0 Å². The fourth-order valence-corrected chi connectivity index (χ4v) is 1.21. The molecule has 1 rings (SSSR count). The number of hydrogen-bond acceptors (Lipinski definition) is 6. The molecule has 0 aromatic carbocycles. The smallest absolute Gasteiger partial charge is 0.345 e. The molecule has 0 aromatic rings. The van der Waals surface area contributed by atoms with Gasteiger partial charge in [-0.25, -0.2) is 9.59 Å². The van der Waals surface area contributed by atoms with E-state index in [0.717, 1.165) is 7.11 Å². The maximum atomic E-state index is 11.1. The van der Waals surface area contributed by atoms with Crippen molar-refractivity contribution in [2.24, 2.45) is 0 Å². The van der Waals surface area contributed by atoms with Crippen molar-refractivity contribution in [3.05, 3.63) is 11.1 Å². The number of ether oxygens (including phenoxy) is 2. The van der Waals surface area contributed by atoms with E-state index in [4.69, 9.17) is 0 Å². The Hall–Kier alpha value is -1.69. The summed E-state index contributed by atoms with van der Waals surface area (Å²) < 4.78 is 8.58. The molecule has 0 saturated heterocycles. The van der Waals surface area contributed by atoms with Gasteiger partial charge in [-0.1, -0.05) is 0 Å². The summed E-state index contributed by atoms with van der Waals surface area (Å²) in [5.74, 6) is -2.37. The molecule has 1 heterocycles. The molecule has 6 heteroatoms. The predicted octanol–water partition coefficient (Wildman–Crippen LogP) is -0.690. The lowest BCUT2D eigenvalue weighted by Gasteiger charge is -2.07. The lowest BCUT2D eigenvalue weighted by molar-refractivity contribution is -0.151. The minimum atomic E-state index is -1.36. The Balaban J connectivity index is 2.83. The van der Waals surface area contributed by atoms with E-state index in [-0.39, 0.29) is 17.6 Å². The minimum absolute atomic E-state index is 0.0244. The number of hydrogen-bond donors (Lipinski definition) is 1. The summed E-state index contributed by atoms with van der Waals surface area (Å²) in [4.78, 5) is 32.9. The van der Waals surface area contributed by atoms with Gasteiger partial charge in [-0.2, -0.15) is 0 Å². The highest BCUT2D eigenvalue weighted by molar-refractivity contribution is 6.12. The number of methoxy groups -OCH3 is 1. The van der Waals surface area contributed by atoms with Crippen molar-refractivity contribution in [2.45, 2.75) is 19.4 Å². The molecule has 0 saturated carbocycles. The second-order valence-corrected chi connectivity index (χ2v) is 3.01. The Morgan fingerprint density at radius 3 is 2.47 bits per heavy atom. The minimum Gasteiger partial charge on any atom is -0.469 e. The van der Waals surface area contributed by atoms with Crippen LogP contribution in [0.25, 0.3) is 0 Å². The number of aliphatic hydroxyl groups excluding tert-OH is 1. The van der Waals surface area contributed by atoms with E-state index in [0.29, 0.717) is 0 Å². The molecule has 1 atom stereocenters. The van der Waals surface area contributed by atoms with Gasteiger partial charge in [0.05, 0.1) is 25.2 Å². The molecule has 0 radical (unpaired) electrons. The van der Waals surface area contributed by atoms with Crippen LogP contribution in [0.15, 0.2) is 11.1 Å². The number of esters is 3. The van der Waals surface area contributed by atoms with Crippen LogP contribution in [-0.2, 0) is 23.9 Å². The predicted molar refractivity (Wildman–Crippen MR) is 46.4 cm³/mol. The van der Waals surface area contributed by atoms with Crippen LogP contribution in [0.3, 0.4) is 0 Å². The van der Waals surface area contributed by atoms with Crippen molar-refractivity contribution in [3.63, 3.8) is 0 Å². The molecule has 15 heavy (non-hydrogen) atoms. The number of carbonyl (C=O) groups excluding carboxylic acids is 3. The normalized spacial score (nSPS) is 17.8. The first-order chi connectivity index (χ1) is 6.97. The van der Waals surface area contributed by atoms with Crippen LogP contribution in [0.4, 0.5) is 0 Å². The number of rotatable bonds is 3. The standard InChI is InChI=1S/C9H10O6/c1-4-7(9(13)15-8(4)12)5(10)3-6(11)14-2/h5,10H,3H2,1-2H3/t5-/m1/s1. The zero-order valence-corrected chi connectivity index (χ0v) is 8.27. The summed E-state index contributed by atoms with van der Waals surface area (Å²) in [6.07, 6.45) is -1.75. The molecule has 0 fully saturated rings. The van der Waals surface area contributed by atoms with Crippen LogP contribution in [-0.4, -0.2) is 36.2 Å². The Bertz CT molecular complexity index is 354. The van der Waals surface area contributed by atoms with E-state index >= 15 is 0 Å². The van der Waals surface area contributed by atoms with Crippen molar-refractivity contribution in [1.29, 1.82) is 0 Å². The van der Waals surface area contributed by atoms with Crippen LogP contribution in [0.1, 0.15) is 13.3 Å². The Morgan fingerprint density at radius 1 is 1.47 bits per heavy atom. The maximum absolute atomic E-state index is 11.1. The molecule has 6 nitrogen and oxygen atoms in total. The molecule has 1 aliphatic rings. The van der Waals surface area contributed by atoms with Gasteiger partial charge in [-0.3, -0.25) is 4.79 Å². The molecule has 1 N–H and O–H groups in total. The molecule has 82 valence electrons. The van der Waals surface area contributed by atoms with Gasteiger partial charge in [0.15, 0.2) is 0 Å². The largest absolute Gasteiger partial charge is 0.469 e. The van der Waals surface area contributed by atoms with Gasteiger partial charge >= 0.3 is 17.9 Å². The van der Waals surface area contributed by atoms with Gasteiger partial charge in [0.1, 0.15) is 0 Å². The van der Waals surface area contributed by atoms with Crippen LogP contribution >= 0.6 is 0 Å². The third-order valence-electron chi connectivity index (χ3n) is 2.04. The van der Waals surface area contributed by atoms with Crippen LogP contribution in [0.5, 0.6) is 0 Å². The van der Waals surface area contributed by atoms with Gasteiger partial charge in [-0.15, -0.1) is 0 Å². The van der Waals surface area contributed by atoms with Crippen molar-refractivity contribution in [1.82, 2.24) is 0 Å². The quantitative estimate of drug-likeness (QED) is 0.494. The fourth-order valence-electron chi connectivity index (χ4n) is 1.21. The zero-order chi connectivity index (χ0) is 11.6. The first kappa shape index (κ1) is 11.4. The van der Waals surface area contributed by atoms with Gasteiger partial charge in [0.2, 0.25) is 0 Å². The highest BCUT2D eigenvalue weighted by atomic mass is 16.6. The molecule has 0 aromatic heterocycles. The third kappa shape index (κ3) is 2.21. The summed E-state index contributed by atoms with van der Waals surface area (Å²) in [6.45, 7) is 1.35. The van der Waals surface area contributed by atoms with E-state index in [1.165, 1.54) is 6.92 Å². The van der Waals surface area contributed by atoms with Gasteiger partial charge in [0, 0.05) is 5.57 Å². The van der Waals surface area contributed by atoms with E-state index < -0.39 is 24.0 Å². The molecule has 0 unspecified atom stereocenters. The van der Waals surface area contributed by atoms with E-state index in [2.05, 4.69) is 9.47 Å². The second kappa shape index (κ2) is 4.22. The third-order valence-corrected chi connectivity index (χ3v) is 2.04. The Labute approximate surface area is 85.5 Å². The lowest BCUT2D eigenvalue weighted by atomic mass is 10.0. The van der Waals surface area contributed by atoms with E-state index in [9.17, 15) is 19.5 Å². The molecular formula is C9H10O6. The number of carbonyl (C=O) groups is 3.